The van der Waals surface area contributed by atoms with Gasteiger partial charge in [-0.25, -0.2) is 9.59 Å². The van der Waals surface area contributed by atoms with Crippen molar-refractivity contribution in [3.63, 3.8) is 0 Å². The number of nitrogens with two attached hydrogens (primary N) is 1. The SMILES string of the molecule is COC(=O)C(Cc1cccc(C(=N)N)c1)NC(=O)NC12CC3CC(CC(C3)C1)C2. The number of urea groups is 1. The summed E-state index contributed by atoms with van der Waals surface area (Å²) in [5.41, 5.74) is 6.84. The maximum atomic E-state index is 12.8. The van der Waals surface area contributed by atoms with Gasteiger partial charge in [-0.3, -0.25) is 5.41 Å². The van der Waals surface area contributed by atoms with E-state index in [1.807, 2.05) is 6.07 Å². The summed E-state index contributed by atoms with van der Waals surface area (Å²) >= 11 is 0. The van der Waals surface area contributed by atoms with Gasteiger partial charge in [0.25, 0.3) is 0 Å². The van der Waals surface area contributed by atoms with Crippen molar-refractivity contribution in [1.29, 1.82) is 5.41 Å². The van der Waals surface area contributed by atoms with Crippen LogP contribution in [0.25, 0.3) is 0 Å². The van der Waals surface area contributed by atoms with Crippen molar-refractivity contribution in [2.24, 2.45) is 23.5 Å². The van der Waals surface area contributed by atoms with Crippen molar-refractivity contribution in [1.82, 2.24) is 10.6 Å². The molecule has 29 heavy (non-hydrogen) atoms. The molecule has 1 aromatic rings. The third-order valence-corrected chi connectivity index (χ3v) is 6.89. The molecule has 4 aliphatic rings. The quantitative estimate of drug-likeness (QED) is 0.334. The third kappa shape index (κ3) is 4.23. The second kappa shape index (κ2) is 7.69. The summed E-state index contributed by atoms with van der Waals surface area (Å²) in [6.45, 7) is 0. The van der Waals surface area contributed by atoms with Crippen LogP contribution in [0.2, 0.25) is 0 Å². The Balaban J connectivity index is 1.43. The van der Waals surface area contributed by atoms with E-state index in [0.29, 0.717) is 5.56 Å². The van der Waals surface area contributed by atoms with Crippen molar-refractivity contribution in [2.45, 2.75) is 56.5 Å². The summed E-state index contributed by atoms with van der Waals surface area (Å²) in [6.07, 6.45) is 7.35. The van der Waals surface area contributed by atoms with Gasteiger partial charge >= 0.3 is 12.0 Å². The fourth-order valence-corrected chi connectivity index (χ4v) is 6.14. The zero-order valence-corrected chi connectivity index (χ0v) is 16.9. The second-order valence-corrected chi connectivity index (χ2v) is 9.19. The molecule has 0 aromatic heterocycles. The van der Waals surface area contributed by atoms with Crippen LogP contribution in [0, 0.1) is 23.2 Å². The van der Waals surface area contributed by atoms with Gasteiger partial charge in [0.1, 0.15) is 11.9 Å². The number of nitrogens with one attached hydrogen (secondary N) is 3. The normalized spacial score (nSPS) is 30.4. The van der Waals surface area contributed by atoms with Crippen LogP contribution < -0.4 is 16.4 Å². The lowest BCUT2D eigenvalue weighted by Crippen LogP contribution is -2.62. The van der Waals surface area contributed by atoms with E-state index < -0.39 is 12.0 Å². The number of rotatable bonds is 6. The molecule has 7 heteroatoms. The first-order valence-electron chi connectivity index (χ1n) is 10.5. The van der Waals surface area contributed by atoms with Gasteiger partial charge in [0.15, 0.2) is 0 Å². The van der Waals surface area contributed by atoms with Crippen molar-refractivity contribution >= 4 is 17.8 Å². The Morgan fingerprint density at radius 3 is 2.38 bits per heavy atom. The van der Waals surface area contributed by atoms with Gasteiger partial charge in [-0.15, -0.1) is 0 Å². The molecule has 0 heterocycles. The summed E-state index contributed by atoms with van der Waals surface area (Å²) in [4.78, 5) is 25.1. The average Bonchev–Trinajstić information content (AvgIpc) is 2.65. The largest absolute Gasteiger partial charge is 0.467 e. The predicted octanol–water partition coefficient (Wildman–Crippen LogP) is 2.32. The Morgan fingerprint density at radius 2 is 1.83 bits per heavy atom. The molecule has 0 saturated heterocycles. The molecule has 5 rings (SSSR count). The van der Waals surface area contributed by atoms with E-state index >= 15 is 0 Å². The molecule has 4 aliphatic carbocycles. The Labute approximate surface area is 171 Å². The minimum absolute atomic E-state index is 0.0333. The Bertz CT molecular complexity index is 787. The first-order valence-corrected chi connectivity index (χ1v) is 10.5. The monoisotopic (exact) mass is 398 g/mol. The lowest BCUT2D eigenvalue weighted by atomic mass is 9.53. The highest BCUT2D eigenvalue weighted by Crippen LogP contribution is 2.55. The maximum Gasteiger partial charge on any atom is 0.328 e. The molecule has 5 N–H and O–H groups in total. The van der Waals surface area contributed by atoms with Gasteiger partial charge in [-0.1, -0.05) is 18.2 Å². The van der Waals surface area contributed by atoms with Crippen LogP contribution in [0.1, 0.15) is 49.7 Å². The Morgan fingerprint density at radius 1 is 1.21 bits per heavy atom. The Kier molecular flexibility index (Phi) is 5.23. The Hall–Kier alpha value is -2.57. The molecule has 0 aliphatic heterocycles. The second-order valence-electron chi connectivity index (χ2n) is 9.19. The summed E-state index contributed by atoms with van der Waals surface area (Å²) in [7, 11) is 1.32. The summed E-state index contributed by atoms with van der Waals surface area (Å²) < 4.78 is 4.91. The zero-order valence-electron chi connectivity index (χ0n) is 16.9. The van der Waals surface area contributed by atoms with Crippen molar-refractivity contribution in [2.75, 3.05) is 7.11 Å². The van der Waals surface area contributed by atoms with Crippen LogP contribution in [-0.2, 0) is 16.0 Å². The number of ether oxygens (including phenoxy) is 1. The van der Waals surface area contributed by atoms with E-state index in [9.17, 15) is 9.59 Å². The average molecular weight is 399 g/mol. The first-order chi connectivity index (χ1) is 13.9. The van der Waals surface area contributed by atoms with Gasteiger partial charge in [-0.05, 0) is 67.9 Å². The van der Waals surface area contributed by atoms with Gasteiger partial charge < -0.3 is 21.1 Å². The van der Waals surface area contributed by atoms with Crippen LogP contribution in [0.5, 0.6) is 0 Å². The number of nitrogen functional groups attached to an aromatic ring is 1. The van der Waals surface area contributed by atoms with E-state index in [1.54, 1.807) is 18.2 Å². The number of esters is 1. The molecule has 0 spiro atoms. The van der Waals surface area contributed by atoms with E-state index in [1.165, 1.54) is 26.4 Å². The van der Waals surface area contributed by atoms with Gasteiger partial charge in [0.05, 0.1) is 7.11 Å². The molecule has 0 radical (unpaired) electrons. The molecule has 2 amide bonds. The third-order valence-electron chi connectivity index (χ3n) is 6.89. The highest BCUT2D eigenvalue weighted by atomic mass is 16.5. The maximum absolute atomic E-state index is 12.8. The number of carbonyl (C=O) groups is 2. The van der Waals surface area contributed by atoms with Crippen molar-refractivity contribution < 1.29 is 14.3 Å². The minimum Gasteiger partial charge on any atom is -0.467 e. The zero-order chi connectivity index (χ0) is 20.6. The standard InChI is InChI=1S/C22H30N4O3/c1-29-20(27)18(9-13-3-2-4-17(8-13)19(23)24)25-21(28)26-22-10-14-5-15(11-22)7-16(6-14)12-22/h2-4,8,14-16,18H,5-7,9-12H2,1H3,(H3,23,24)(H2,25,26,28). The van der Waals surface area contributed by atoms with E-state index in [0.717, 1.165) is 42.6 Å². The minimum atomic E-state index is -0.795. The molecule has 4 saturated carbocycles. The van der Waals surface area contributed by atoms with Gasteiger partial charge in [0.2, 0.25) is 0 Å². The molecule has 156 valence electrons. The fraction of sp³-hybridized carbons (Fsp3) is 0.591. The van der Waals surface area contributed by atoms with Gasteiger partial charge in [0, 0.05) is 17.5 Å². The number of hydrogen-bond donors (Lipinski definition) is 4. The first kappa shape index (κ1) is 19.7. The molecule has 1 aromatic carbocycles. The molecular formula is C22H30N4O3. The molecule has 7 nitrogen and oxygen atoms in total. The van der Waals surface area contributed by atoms with E-state index in [4.69, 9.17) is 15.9 Å². The number of benzene rings is 1. The number of carbonyl (C=O) groups excluding carboxylic acids is 2. The van der Waals surface area contributed by atoms with Crippen LogP contribution in [0.4, 0.5) is 4.79 Å². The molecular weight excluding hydrogens is 368 g/mol. The van der Waals surface area contributed by atoms with E-state index in [-0.39, 0.29) is 23.8 Å². The summed E-state index contributed by atoms with van der Waals surface area (Å²) in [6, 6.07) is 6.04. The lowest BCUT2D eigenvalue weighted by molar-refractivity contribution is -0.142. The number of methoxy groups -OCH3 is 1. The van der Waals surface area contributed by atoms with Crippen LogP contribution in [0.3, 0.4) is 0 Å². The molecule has 4 bridgehead atoms. The van der Waals surface area contributed by atoms with E-state index in [2.05, 4.69) is 10.6 Å². The smallest absolute Gasteiger partial charge is 0.328 e. The number of amidine groups is 1. The van der Waals surface area contributed by atoms with Crippen molar-refractivity contribution in [3.05, 3.63) is 35.4 Å². The topological polar surface area (TPSA) is 117 Å². The molecule has 1 atom stereocenters. The van der Waals surface area contributed by atoms with Crippen molar-refractivity contribution in [3.8, 4) is 0 Å². The predicted molar refractivity (Wildman–Crippen MR) is 110 cm³/mol. The number of amides is 2. The molecule has 4 fully saturated rings. The van der Waals surface area contributed by atoms with Crippen LogP contribution in [0.15, 0.2) is 24.3 Å². The fourth-order valence-electron chi connectivity index (χ4n) is 6.14. The highest BCUT2D eigenvalue weighted by Gasteiger charge is 2.51. The summed E-state index contributed by atoms with van der Waals surface area (Å²) in [5, 5.41) is 13.7. The molecule has 1 unspecified atom stereocenters. The van der Waals surface area contributed by atoms with Crippen LogP contribution in [-0.4, -0.2) is 36.5 Å². The lowest BCUT2D eigenvalue weighted by Gasteiger charge is -2.56. The van der Waals surface area contributed by atoms with Crippen LogP contribution >= 0.6 is 0 Å². The van der Waals surface area contributed by atoms with Gasteiger partial charge in [-0.2, -0.15) is 0 Å². The number of hydrogen-bond acceptors (Lipinski definition) is 4. The highest BCUT2D eigenvalue weighted by molar-refractivity contribution is 5.95. The summed E-state index contributed by atoms with van der Waals surface area (Å²) in [5.74, 6) is 1.67.